The number of carbonyl (C=O) groups excluding carboxylic acids is 1. The van der Waals surface area contributed by atoms with Gasteiger partial charge in [-0.2, -0.15) is 0 Å². The van der Waals surface area contributed by atoms with Crippen molar-refractivity contribution in [1.82, 2.24) is 4.90 Å². The smallest absolute Gasteiger partial charge is 0.231 e. The minimum absolute atomic E-state index is 0.248. The third-order valence-electron chi connectivity index (χ3n) is 4.76. The molecule has 3 aliphatic rings. The van der Waals surface area contributed by atoms with E-state index in [1.807, 2.05) is 35.2 Å². The van der Waals surface area contributed by atoms with Crippen molar-refractivity contribution in [2.45, 2.75) is 31.3 Å². The molecule has 4 rings (SSSR count). The summed E-state index contributed by atoms with van der Waals surface area (Å²) < 4.78 is 0. The van der Waals surface area contributed by atoms with Crippen molar-refractivity contribution in [2.75, 3.05) is 18.0 Å². The Hall–Kier alpha value is -1.35. The molecule has 4 atom stereocenters. The van der Waals surface area contributed by atoms with Crippen molar-refractivity contribution in [3.8, 4) is 0 Å². The second-order valence-electron chi connectivity index (χ2n) is 5.72. The molecule has 0 spiro atoms. The molecule has 3 heterocycles. The first kappa shape index (κ1) is 10.6. The van der Waals surface area contributed by atoms with E-state index in [2.05, 4.69) is 4.90 Å². The molecule has 3 fully saturated rings. The van der Waals surface area contributed by atoms with Gasteiger partial charge in [-0.25, -0.2) is 0 Å². The van der Waals surface area contributed by atoms with Crippen molar-refractivity contribution in [1.29, 1.82) is 0 Å². The van der Waals surface area contributed by atoms with Crippen LogP contribution in [0, 0.1) is 5.92 Å². The summed E-state index contributed by atoms with van der Waals surface area (Å²) in [5.41, 5.74) is 1.06. The summed E-state index contributed by atoms with van der Waals surface area (Å²) in [4.78, 5) is 17.1. The van der Waals surface area contributed by atoms with E-state index in [9.17, 15) is 4.79 Å². The van der Waals surface area contributed by atoms with Gasteiger partial charge in [-0.1, -0.05) is 18.2 Å². The number of piperidine rings is 1. The first-order valence-corrected chi connectivity index (χ1v) is 6.97. The largest absolute Gasteiger partial charge is 0.312 e. The molecule has 18 heavy (non-hydrogen) atoms. The average molecular weight is 242 g/mol. The van der Waals surface area contributed by atoms with Gasteiger partial charge in [0, 0.05) is 30.9 Å². The van der Waals surface area contributed by atoms with E-state index >= 15 is 0 Å². The van der Waals surface area contributed by atoms with Gasteiger partial charge in [0.2, 0.25) is 5.91 Å². The molecule has 1 aromatic rings. The first-order chi connectivity index (χ1) is 8.84. The number of amides is 1. The molecule has 3 aliphatic heterocycles. The highest BCUT2D eigenvalue weighted by Crippen LogP contribution is 2.42. The Morgan fingerprint density at radius 3 is 2.56 bits per heavy atom. The maximum Gasteiger partial charge on any atom is 0.231 e. The summed E-state index contributed by atoms with van der Waals surface area (Å²) in [6.07, 6.45) is 3.56. The van der Waals surface area contributed by atoms with Crippen molar-refractivity contribution in [2.24, 2.45) is 5.92 Å². The Bertz CT molecular complexity index is 473. The minimum atomic E-state index is 0.248. The number of rotatable bonds is 2. The van der Waals surface area contributed by atoms with E-state index < -0.39 is 0 Å². The molecule has 0 radical (unpaired) electrons. The highest BCUT2D eigenvalue weighted by molar-refractivity contribution is 5.97. The fourth-order valence-electron chi connectivity index (χ4n) is 3.74. The first-order valence-electron chi connectivity index (χ1n) is 6.97. The second kappa shape index (κ2) is 3.82. The second-order valence-corrected chi connectivity index (χ2v) is 5.72. The van der Waals surface area contributed by atoms with Crippen LogP contribution in [0.15, 0.2) is 30.3 Å². The topological polar surface area (TPSA) is 23.3 Å². The molecule has 0 aromatic heterocycles. The summed E-state index contributed by atoms with van der Waals surface area (Å²) in [7, 11) is 0. The zero-order valence-corrected chi connectivity index (χ0v) is 10.5. The summed E-state index contributed by atoms with van der Waals surface area (Å²) >= 11 is 0. The highest BCUT2D eigenvalue weighted by Gasteiger charge is 2.51. The normalized spacial score (nSPS) is 38.0. The fourth-order valence-corrected chi connectivity index (χ4v) is 3.74. The molecule has 3 nitrogen and oxygen atoms in total. The van der Waals surface area contributed by atoms with Crippen LogP contribution in [0.2, 0.25) is 0 Å². The summed E-state index contributed by atoms with van der Waals surface area (Å²) in [6.45, 7) is 2.13. The van der Waals surface area contributed by atoms with Gasteiger partial charge in [-0.05, 0) is 31.4 Å². The van der Waals surface area contributed by atoms with E-state index in [0.717, 1.165) is 24.7 Å². The third-order valence-corrected chi connectivity index (χ3v) is 4.76. The molecule has 0 saturated carbocycles. The van der Waals surface area contributed by atoms with Crippen LogP contribution in [-0.2, 0) is 4.79 Å². The number of benzene rings is 1. The lowest BCUT2D eigenvalue weighted by molar-refractivity contribution is -0.121. The van der Waals surface area contributed by atoms with Gasteiger partial charge in [-0.15, -0.1) is 0 Å². The number of fused-ring (bicyclic) bond motifs is 1. The Kier molecular flexibility index (Phi) is 2.24. The van der Waals surface area contributed by atoms with Crippen molar-refractivity contribution < 1.29 is 4.79 Å². The van der Waals surface area contributed by atoms with Gasteiger partial charge in [-0.3, -0.25) is 9.69 Å². The lowest BCUT2D eigenvalue weighted by Gasteiger charge is -2.21. The monoisotopic (exact) mass is 242 g/mol. The summed E-state index contributed by atoms with van der Waals surface area (Å²) in [6, 6.07) is 11.4. The number of para-hydroxylation sites is 1. The Morgan fingerprint density at radius 1 is 1.06 bits per heavy atom. The van der Waals surface area contributed by atoms with E-state index in [4.69, 9.17) is 0 Å². The summed E-state index contributed by atoms with van der Waals surface area (Å²) in [5, 5.41) is 0. The molecule has 0 aliphatic carbocycles. The maximum absolute atomic E-state index is 12.6. The molecule has 1 aromatic carbocycles. The zero-order chi connectivity index (χ0) is 12.1. The molecular weight excluding hydrogens is 224 g/mol. The van der Waals surface area contributed by atoms with Crippen LogP contribution in [0.1, 0.15) is 19.3 Å². The van der Waals surface area contributed by atoms with Crippen molar-refractivity contribution >= 4 is 11.6 Å². The van der Waals surface area contributed by atoms with E-state index in [1.54, 1.807) is 0 Å². The number of hydrogen-bond donors (Lipinski definition) is 0. The Labute approximate surface area is 107 Å². The van der Waals surface area contributed by atoms with E-state index in [0.29, 0.717) is 11.9 Å². The SMILES string of the molecule is O=C1C(C2CCC3CN32)CCN1c1ccccc1. The lowest BCUT2D eigenvalue weighted by atomic mass is 9.95. The standard InChI is InChI=1S/C15H18N2O/c18-15-13(14-7-6-12-10-17(12)14)8-9-16(15)11-4-2-1-3-5-11/h1-5,12-14H,6-10H2. The molecule has 3 heteroatoms. The molecular formula is C15H18N2O. The maximum atomic E-state index is 12.6. The average Bonchev–Trinajstić information content (AvgIpc) is 2.91. The van der Waals surface area contributed by atoms with E-state index in [-0.39, 0.29) is 5.92 Å². The van der Waals surface area contributed by atoms with Gasteiger partial charge in [0.15, 0.2) is 0 Å². The van der Waals surface area contributed by atoms with Gasteiger partial charge in [0.1, 0.15) is 0 Å². The molecule has 94 valence electrons. The predicted molar refractivity (Wildman–Crippen MR) is 70.4 cm³/mol. The summed E-state index contributed by atoms with van der Waals surface area (Å²) in [5.74, 6) is 0.594. The molecule has 0 bridgehead atoms. The van der Waals surface area contributed by atoms with Gasteiger partial charge in [0.05, 0.1) is 5.92 Å². The molecule has 0 N–H and O–H groups in total. The van der Waals surface area contributed by atoms with Crippen LogP contribution in [0.3, 0.4) is 0 Å². The van der Waals surface area contributed by atoms with Crippen molar-refractivity contribution in [3.05, 3.63) is 30.3 Å². The van der Waals surface area contributed by atoms with Crippen LogP contribution in [0.25, 0.3) is 0 Å². The van der Waals surface area contributed by atoms with Gasteiger partial charge >= 0.3 is 0 Å². The Morgan fingerprint density at radius 2 is 1.89 bits per heavy atom. The quantitative estimate of drug-likeness (QED) is 0.739. The van der Waals surface area contributed by atoms with Crippen LogP contribution < -0.4 is 4.90 Å². The number of carbonyl (C=O) groups is 1. The zero-order valence-electron chi connectivity index (χ0n) is 10.5. The highest BCUT2D eigenvalue weighted by atomic mass is 16.2. The third kappa shape index (κ3) is 1.50. The number of anilines is 1. The van der Waals surface area contributed by atoms with E-state index in [1.165, 1.54) is 19.4 Å². The molecule has 1 amide bonds. The van der Waals surface area contributed by atoms with Crippen LogP contribution >= 0.6 is 0 Å². The van der Waals surface area contributed by atoms with Gasteiger partial charge < -0.3 is 4.90 Å². The predicted octanol–water partition coefficient (Wildman–Crippen LogP) is 1.89. The number of nitrogens with zero attached hydrogens (tertiary/aromatic N) is 2. The number of hydrogen-bond acceptors (Lipinski definition) is 2. The van der Waals surface area contributed by atoms with Crippen LogP contribution in [-0.4, -0.2) is 36.0 Å². The van der Waals surface area contributed by atoms with Crippen LogP contribution in [0.5, 0.6) is 0 Å². The van der Waals surface area contributed by atoms with Crippen molar-refractivity contribution in [3.63, 3.8) is 0 Å². The molecule has 4 unspecified atom stereocenters. The lowest BCUT2D eigenvalue weighted by Crippen LogP contribution is -2.34. The fraction of sp³-hybridized carbons (Fsp3) is 0.533. The molecule has 3 saturated heterocycles. The van der Waals surface area contributed by atoms with Crippen LogP contribution in [0.4, 0.5) is 5.69 Å². The Balaban J connectivity index is 1.54. The van der Waals surface area contributed by atoms with Gasteiger partial charge in [0.25, 0.3) is 0 Å². The minimum Gasteiger partial charge on any atom is -0.312 e.